The first kappa shape index (κ1) is 12.1. The smallest absolute Gasteiger partial charge is 0.229 e. The zero-order valence-corrected chi connectivity index (χ0v) is 8.97. The maximum atomic E-state index is 9.41. The van der Waals surface area contributed by atoms with Gasteiger partial charge in [-0.2, -0.15) is 4.98 Å². The third-order valence-electron chi connectivity index (χ3n) is 1.81. The Hall–Kier alpha value is -0.980. The van der Waals surface area contributed by atoms with E-state index >= 15 is 0 Å². The zero-order valence-electron chi connectivity index (χ0n) is 8.97. The molecular weight excluding hydrogens is 200 g/mol. The molecule has 0 radical (unpaired) electrons. The summed E-state index contributed by atoms with van der Waals surface area (Å²) in [6.45, 7) is 0.815. The fourth-order valence-corrected chi connectivity index (χ4v) is 1.12. The Kier molecular flexibility index (Phi) is 5.23. The quantitative estimate of drug-likeness (QED) is 0.680. The van der Waals surface area contributed by atoms with Crippen LogP contribution in [0.3, 0.4) is 0 Å². The van der Waals surface area contributed by atoms with Crippen LogP contribution in [0.15, 0.2) is 4.52 Å². The van der Waals surface area contributed by atoms with E-state index in [2.05, 4.69) is 10.1 Å². The second-order valence-corrected chi connectivity index (χ2v) is 3.16. The van der Waals surface area contributed by atoms with Crippen molar-refractivity contribution in [2.24, 2.45) is 0 Å². The molecule has 1 aromatic rings. The van der Waals surface area contributed by atoms with Crippen LogP contribution in [0.1, 0.15) is 11.7 Å². The van der Waals surface area contributed by atoms with Crippen LogP contribution in [-0.4, -0.2) is 48.8 Å². The van der Waals surface area contributed by atoms with E-state index in [0.717, 1.165) is 0 Å². The van der Waals surface area contributed by atoms with Gasteiger partial charge in [0, 0.05) is 20.6 Å². The van der Waals surface area contributed by atoms with Gasteiger partial charge in [0.1, 0.15) is 0 Å². The average Bonchev–Trinajstić information content (AvgIpc) is 2.63. The van der Waals surface area contributed by atoms with E-state index in [1.54, 1.807) is 7.11 Å². The monoisotopic (exact) mass is 216 g/mol. The molecule has 1 rings (SSSR count). The summed E-state index contributed by atoms with van der Waals surface area (Å²) in [6.07, 6.45) is 0.319. The highest BCUT2D eigenvalue weighted by molar-refractivity contribution is 4.88. The Morgan fingerprint density at radius 2 is 2.20 bits per heavy atom. The molecule has 0 saturated heterocycles. The highest BCUT2D eigenvalue weighted by Gasteiger charge is 2.11. The summed E-state index contributed by atoms with van der Waals surface area (Å²) in [5.41, 5.74) is 0. The zero-order chi connectivity index (χ0) is 11.1. The maximum absolute atomic E-state index is 9.41. The van der Waals surface area contributed by atoms with Crippen molar-refractivity contribution < 1.29 is 19.1 Å². The Morgan fingerprint density at radius 1 is 1.40 bits per heavy atom. The van der Waals surface area contributed by atoms with Crippen molar-refractivity contribution in [1.82, 2.24) is 10.1 Å². The topological polar surface area (TPSA) is 77.6 Å². The van der Waals surface area contributed by atoms with Crippen LogP contribution < -0.4 is 0 Å². The van der Waals surface area contributed by atoms with E-state index in [0.29, 0.717) is 31.2 Å². The van der Waals surface area contributed by atoms with Gasteiger partial charge in [0.25, 0.3) is 0 Å². The molecule has 6 nitrogen and oxygen atoms in total. The van der Waals surface area contributed by atoms with Crippen molar-refractivity contribution in [1.29, 1.82) is 0 Å². The van der Waals surface area contributed by atoms with E-state index in [-0.39, 0.29) is 6.61 Å². The summed E-state index contributed by atoms with van der Waals surface area (Å²) in [5, 5.41) is 13.2. The van der Waals surface area contributed by atoms with Gasteiger partial charge in [-0.3, -0.25) is 0 Å². The molecule has 1 aromatic heterocycles. The van der Waals surface area contributed by atoms with Gasteiger partial charge >= 0.3 is 0 Å². The lowest BCUT2D eigenvalue weighted by Gasteiger charge is -2.04. The fourth-order valence-electron chi connectivity index (χ4n) is 1.12. The highest BCUT2D eigenvalue weighted by Crippen LogP contribution is 2.02. The molecule has 0 spiro atoms. The summed E-state index contributed by atoms with van der Waals surface area (Å²) in [7, 11) is 3.14. The lowest BCUT2D eigenvalue weighted by molar-refractivity contribution is 0.0599. The molecule has 0 aliphatic carbocycles. The Labute approximate surface area is 88.2 Å². The van der Waals surface area contributed by atoms with E-state index < -0.39 is 6.10 Å². The lowest BCUT2D eigenvalue weighted by atomic mass is 10.3. The molecule has 0 fully saturated rings. The Morgan fingerprint density at radius 3 is 2.87 bits per heavy atom. The van der Waals surface area contributed by atoms with Crippen LogP contribution in [0.25, 0.3) is 0 Å². The van der Waals surface area contributed by atoms with Crippen LogP contribution >= 0.6 is 0 Å². The Bertz CT molecular complexity index is 277. The third kappa shape index (κ3) is 4.37. The van der Waals surface area contributed by atoms with Gasteiger partial charge in [-0.15, -0.1) is 0 Å². The summed E-state index contributed by atoms with van der Waals surface area (Å²) >= 11 is 0. The molecule has 0 aliphatic heterocycles. The first-order chi connectivity index (χ1) is 7.26. The number of nitrogens with zero attached hydrogens (tertiary/aromatic N) is 2. The number of hydrogen-bond acceptors (Lipinski definition) is 6. The molecule has 15 heavy (non-hydrogen) atoms. The van der Waals surface area contributed by atoms with Crippen molar-refractivity contribution in [2.75, 3.05) is 27.4 Å². The molecule has 0 bridgehead atoms. The van der Waals surface area contributed by atoms with Gasteiger partial charge in [-0.1, -0.05) is 5.16 Å². The molecule has 0 aliphatic rings. The highest BCUT2D eigenvalue weighted by atomic mass is 16.5. The molecule has 1 N–H and O–H groups in total. The molecule has 1 heterocycles. The number of hydrogen-bond donors (Lipinski definition) is 1. The summed E-state index contributed by atoms with van der Waals surface area (Å²) < 4.78 is 14.6. The number of rotatable bonds is 7. The van der Waals surface area contributed by atoms with E-state index in [4.69, 9.17) is 14.0 Å². The van der Waals surface area contributed by atoms with E-state index in [9.17, 15) is 5.11 Å². The van der Waals surface area contributed by atoms with Gasteiger partial charge in [0.2, 0.25) is 5.89 Å². The fraction of sp³-hybridized carbons (Fsp3) is 0.778. The van der Waals surface area contributed by atoms with Crippen LogP contribution in [0.4, 0.5) is 0 Å². The SMILES string of the molecule is COCCc1noc(CC(O)COC)n1. The average molecular weight is 216 g/mol. The minimum atomic E-state index is -0.606. The molecule has 6 heteroatoms. The lowest BCUT2D eigenvalue weighted by Crippen LogP contribution is -2.17. The summed E-state index contributed by atoms with van der Waals surface area (Å²) in [5.74, 6) is 1.02. The van der Waals surface area contributed by atoms with Crippen molar-refractivity contribution in [3.05, 3.63) is 11.7 Å². The number of aliphatic hydroxyl groups is 1. The standard InChI is InChI=1S/C9H16N2O4/c1-13-4-3-8-10-9(15-11-8)5-7(12)6-14-2/h7,12H,3-6H2,1-2H3. The second kappa shape index (κ2) is 6.49. The van der Waals surface area contributed by atoms with Gasteiger partial charge in [-0.25, -0.2) is 0 Å². The molecule has 86 valence electrons. The first-order valence-corrected chi connectivity index (χ1v) is 4.73. The largest absolute Gasteiger partial charge is 0.390 e. The number of aliphatic hydroxyl groups excluding tert-OH is 1. The molecule has 0 saturated carbocycles. The van der Waals surface area contributed by atoms with Gasteiger partial charge in [0.05, 0.1) is 25.7 Å². The van der Waals surface area contributed by atoms with Crippen molar-refractivity contribution in [3.63, 3.8) is 0 Å². The van der Waals surface area contributed by atoms with Crippen LogP contribution in [0.5, 0.6) is 0 Å². The summed E-state index contributed by atoms with van der Waals surface area (Å²) in [4.78, 5) is 4.10. The van der Waals surface area contributed by atoms with Crippen LogP contribution in [-0.2, 0) is 22.3 Å². The van der Waals surface area contributed by atoms with Crippen LogP contribution in [0, 0.1) is 0 Å². The number of aromatic nitrogens is 2. The van der Waals surface area contributed by atoms with Gasteiger partial charge in [-0.05, 0) is 0 Å². The summed E-state index contributed by atoms with van der Waals surface area (Å²) in [6, 6.07) is 0. The van der Waals surface area contributed by atoms with Gasteiger partial charge in [0.15, 0.2) is 5.82 Å². The predicted octanol–water partition coefficient (Wildman–Crippen LogP) is -0.192. The predicted molar refractivity (Wildman–Crippen MR) is 51.5 cm³/mol. The third-order valence-corrected chi connectivity index (χ3v) is 1.81. The normalized spacial score (nSPS) is 13.0. The second-order valence-electron chi connectivity index (χ2n) is 3.16. The molecule has 0 aromatic carbocycles. The maximum Gasteiger partial charge on any atom is 0.229 e. The van der Waals surface area contributed by atoms with Crippen LogP contribution in [0.2, 0.25) is 0 Å². The van der Waals surface area contributed by atoms with Crippen molar-refractivity contribution in [3.8, 4) is 0 Å². The first-order valence-electron chi connectivity index (χ1n) is 4.73. The van der Waals surface area contributed by atoms with Crippen molar-refractivity contribution >= 4 is 0 Å². The Balaban J connectivity index is 2.38. The molecule has 1 unspecified atom stereocenters. The number of ether oxygens (including phenoxy) is 2. The van der Waals surface area contributed by atoms with Crippen molar-refractivity contribution in [2.45, 2.75) is 18.9 Å². The molecular formula is C9H16N2O4. The minimum absolute atomic E-state index is 0.260. The van der Waals surface area contributed by atoms with E-state index in [1.165, 1.54) is 7.11 Å². The van der Waals surface area contributed by atoms with Gasteiger partial charge < -0.3 is 19.1 Å². The minimum Gasteiger partial charge on any atom is -0.390 e. The molecule has 0 amide bonds. The number of methoxy groups -OCH3 is 2. The molecule has 1 atom stereocenters. The van der Waals surface area contributed by atoms with E-state index in [1.807, 2.05) is 0 Å².